The van der Waals surface area contributed by atoms with Crippen molar-refractivity contribution in [3.8, 4) is 5.75 Å². The summed E-state index contributed by atoms with van der Waals surface area (Å²) in [5.41, 5.74) is 2.27. The highest BCUT2D eigenvalue weighted by Crippen LogP contribution is 2.16. The van der Waals surface area contributed by atoms with E-state index in [-0.39, 0.29) is 17.7 Å². The lowest BCUT2D eigenvalue weighted by Crippen LogP contribution is -2.39. The van der Waals surface area contributed by atoms with Crippen molar-refractivity contribution in [2.75, 3.05) is 19.5 Å². The zero-order chi connectivity index (χ0) is 18.4. The Bertz CT molecular complexity index is 758. The number of carbonyl (C=O) groups excluding carboxylic acids is 2. The van der Waals surface area contributed by atoms with Gasteiger partial charge in [0, 0.05) is 17.8 Å². The number of Topliss-reactive ketones (excluding diaryl/α,β-unsaturated/α-hetero) is 1. The molecule has 132 valence electrons. The van der Waals surface area contributed by atoms with Crippen LogP contribution < -0.4 is 10.1 Å². The molecule has 5 heteroatoms. The van der Waals surface area contributed by atoms with Gasteiger partial charge in [-0.05, 0) is 50.7 Å². The molecule has 1 atom stereocenters. The number of hydrogen-bond acceptors (Lipinski definition) is 4. The molecule has 25 heavy (non-hydrogen) atoms. The molecule has 2 aromatic carbocycles. The van der Waals surface area contributed by atoms with E-state index in [0.717, 1.165) is 11.3 Å². The van der Waals surface area contributed by atoms with Crippen LogP contribution in [0.2, 0.25) is 0 Å². The molecule has 0 saturated heterocycles. The summed E-state index contributed by atoms with van der Waals surface area (Å²) < 4.78 is 5.23. The number of ether oxygens (including phenoxy) is 1. The Kier molecular flexibility index (Phi) is 6.31. The van der Waals surface area contributed by atoms with E-state index in [1.54, 1.807) is 31.4 Å². The van der Waals surface area contributed by atoms with E-state index in [1.807, 2.05) is 43.1 Å². The van der Waals surface area contributed by atoms with Gasteiger partial charge in [0.05, 0.1) is 13.2 Å². The first kappa shape index (κ1) is 18.7. The quantitative estimate of drug-likeness (QED) is 0.785. The van der Waals surface area contributed by atoms with Crippen molar-refractivity contribution in [2.24, 2.45) is 0 Å². The van der Waals surface area contributed by atoms with Gasteiger partial charge in [0.25, 0.3) is 0 Å². The average molecular weight is 340 g/mol. The highest BCUT2D eigenvalue weighted by atomic mass is 16.5. The molecule has 1 amide bonds. The highest BCUT2D eigenvalue weighted by molar-refractivity contribution is 5.98. The summed E-state index contributed by atoms with van der Waals surface area (Å²) in [6.45, 7) is 3.98. The zero-order valence-corrected chi connectivity index (χ0v) is 15.1. The van der Waals surface area contributed by atoms with Crippen LogP contribution in [0.3, 0.4) is 0 Å². The van der Waals surface area contributed by atoms with E-state index in [9.17, 15) is 9.59 Å². The predicted molar refractivity (Wildman–Crippen MR) is 99.0 cm³/mol. The summed E-state index contributed by atoms with van der Waals surface area (Å²) >= 11 is 0. The second-order valence-corrected chi connectivity index (χ2v) is 6.07. The molecule has 0 aliphatic rings. The van der Waals surface area contributed by atoms with Crippen molar-refractivity contribution in [1.29, 1.82) is 0 Å². The minimum absolute atomic E-state index is 0.0284. The lowest BCUT2D eigenvalue weighted by Gasteiger charge is -2.24. The predicted octanol–water partition coefficient (Wildman–Crippen LogP) is 3.36. The summed E-state index contributed by atoms with van der Waals surface area (Å²) in [4.78, 5) is 25.9. The number of benzene rings is 2. The van der Waals surface area contributed by atoms with Crippen LogP contribution in [-0.4, -0.2) is 36.8 Å². The molecule has 5 nitrogen and oxygen atoms in total. The number of amides is 1. The van der Waals surface area contributed by atoms with Crippen LogP contribution in [0.15, 0.2) is 48.5 Å². The smallest absolute Gasteiger partial charge is 0.241 e. The number of carbonyl (C=O) groups is 2. The van der Waals surface area contributed by atoms with Gasteiger partial charge in [-0.1, -0.05) is 24.3 Å². The molecule has 0 unspecified atom stereocenters. The van der Waals surface area contributed by atoms with Crippen LogP contribution in [0.4, 0.5) is 5.69 Å². The maximum atomic E-state index is 12.5. The average Bonchev–Trinajstić information content (AvgIpc) is 2.61. The van der Waals surface area contributed by atoms with Crippen LogP contribution in [0.1, 0.15) is 29.8 Å². The molecule has 0 spiro atoms. The van der Waals surface area contributed by atoms with E-state index in [1.165, 1.54) is 6.92 Å². The Labute approximate surface area is 148 Å². The van der Waals surface area contributed by atoms with Gasteiger partial charge in [-0.15, -0.1) is 0 Å². The van der Waals surface area contributed by atoms with Crippen LogP contribution in [0, 0.1) is 0 Å². The summed E-state index contributed by atoms with van der Waals surface area (Å²) in [7, 11) is 3.53. The van der Waals surface area contributed by atoms with Crippen molar-refractivity contribution in [3.63, 3.8) is 0 Å². The van der Waals surface area contributed by atoms with E-state index < -0.39 is 0 Å². The third-order valence-corrected chi connectivity index (χ3v) is 4.14. The molecule has 0 bridgehead atoms. The van der Waals surface area contributed by atoms with Crippen LogP contribution in [-0.2, 0) is 11.3 Å². The SMILES string of the molecule is COc1cccc(CN(C)[C@H](C)C(=O)Nc2cccc(C(C)=O)c2)c1. The maximum Gasteiger partial charge on any atom is 0.241 e. The number of likely N-dealkylation sites (N-methyl/N-ethyl adjacent to an activating group) is 1. The Morgan fingerprint density at radius 2 is 1.88 bits per heavy atom. The van der Waals surface area contributed by atoms with Crippen molar-refractivity contribution in [3.05, 3.63) is 59.7 Å². The van der Waals surface area contributed by atoms with Gasteiger partial charge in [-0.3, -0.25) is 14.5 Å². The summed E-state index contributed by atoms with van der Waals surface area (Å²) in [6.07, 6.45) is 0. The van der Waals surface area contributed by atoms with E-state index >= 15 is 0 Å². The third-order valence-electron chi connectivity index (χ3n) is 4.14. The lowest BCUT2D eigenvalue weighted by atomic mass is 10.1. The minimum atomic E-state index is -0.327. The molecular weight excluding hydrogens is 316 g/mol. The molecule has 1 N–H and O–H groups in total. The van der Waals surface area contributed by atoms with Crippen LogP contribution in [0.25, 0.3) is 0 Å². The number of ketones is 1. The van der Waals surface area contributed by atoms with Gasteiger partial charge in [0.15, 0.2) is 5.78 Å². The van der Waals surface area contributed by atoms with Crippen molar-refractivity contribution >= 4 is 17.4 Å². The molecule has 0 aromatic heterocycles. The first-order valence-corrected chi connectivity index (χ1v) is 8.15. The van der Waals surface area contributed by atoms with Crippen LogP contribution in [0.5, 0.6) is 5.75 Å². The molecular formula is C20H24N2O3. The second-order valence-electron chi connectivity index (χ2n) is 6.07. The van der Waals surface area contributed by atoms with E-state index in [4.69, 9.17) is 4.74 Å². The summed E-state index contributed by atoms with van der Waals surface area (Å²) in [5.74, 6) is 0.648. The monoisotopic (exact) mass is 340 g/mol. The highest BCUT2D eigenvalue weighted by Gasteiger charge is 2.18. The van der Waals surface area contributed by atoms with Crippen LogP contribution >= 0.6 is 0 Å². The van der Waals surface area contributed by atoms with Crippen molar-refractivity contribution in [1.82, 2.24) is 4.90 Å². The maximum absolute atomic E-state index is 12.5. The fourth-order valence-corrected chi connectivity index (χ4v) is 2.46. The summed E-state index contributed by atoms with van der Waals surface area (Å²) in [6, 6.07) is 14.4. The Balaban J connectivity index is 2.01. The lowest BCUT2D eigenvalue weighted by molar-refractivity contribution is -0.120. The molecule has 0 fully saturated rings. The standard InChI is InChI=1S/C20H24N2O3/c1-14(22(3)13-16-7-5-10-19(11-16)25-4)20(24)21-18-9-6-8-17(12-18)15(2)23/h5-12,14H,13H2,1-4H3,(H,21,24)/t14-/m1/s1. The minimum Gasteiger partial charge on any atom is -0.497 e. The summed E-state index contributed by atoms with van der Waals surface area (Å²) in [5, 5.41) is 2.87. The van der Waals surface area contributed by atoms with E-state index in [0.29, 0.717) is 17.8 Å². The zero-order valence-electron chi connectivity index (χ0n) is 15.1. The Morgan fingerprint density at radius 1 is 1.16 bits per heavy atom. The van der Waals surface area contributed by atoms with Gasteiger partial charge in [0.2, 0.25) is 5.91 Å². The largest absolute Gasteiger partial charge is 0.497 e. The van der Waals surface area contributed by atoms with E-state index in [2.05, 4.69) is 5.32 Å². The molecule has 0 heterocycles. The number of hydrogen-bond donors (Lipinski definition) is 1. The molecule has 2 aromatic rings. The van der Waals surface area contributed by atoms with Gasteiger partial charge in [-0.25, -0.2) is 0 Å². The number of anilines is 1. The normalized spacial score (nSPS) is 11.9. The fourth-order valence-electron chi connectivity index (χ4n) is 2.46. The number of methoxy groups -OCH3 is 1. The van der Waals surface area contributed by atoms with Crippen molar-refractivity contribution < 1.29 is 14.3 Å². The fraction of sp³-hybridized carbons (Fsp3) is 0.300. The number of nitrogens with zero attached hydrogens (tertiary/aromatic N) is 1. The van der Waals surface area contributed by atoms with Gasteiger partial charge in [0.1, 0.15) is 5.75 Å². The van der Waals surface area contributed by atoms with Gasteiger partial charge < -0.3 is 10.1 Å². The molecule has 2 rings (SSSR count). The van der Waals surface area contributed by atoms with Crippen molar-refractivity contribution in [2.45, 2.75) is 26.4 Å². The molecule has 0 aliphatic heterocycles. The molecule has 0 saturated carbocycles. The Morgan fingerprint density at radius 3 is 2.56 bits per heavy atom. The molecule has 0 radical (unpaired) electrons. The first-order valence-electron chi connectivity index (χ1n) is 8.15. The number of rotatable bonds is 7. The van der Waals surface area contributed by atoms with Gasteiger partial charge in [-0.2, -0.15) is 0 Å². The van der Waals surface area contributed by atoms with Gasteiger partial charge >= 0.3 is 0 Å². The Hall–Kier alpha value is -2.66. The number of nitrogens with one attached hydrogen (secondary N) is 1. The second kappa shape index (κ2) is 8.44. The topological polar surface area (TPSA) is 58.6 Å². The molecule has 0 aliphatic carbocycles. The first-order chi connectivity index (χ1) is 11.9. The third kappa shape index (κ3) is 5.16.